The molecular weight excluding hydrogens is 266 g/mol. The maximum atomic E-state index is 11.9. The highest BCUT2D eigenvalue weighted by molar-refractivity contribution is 7.89. The molecule has 2 atom stereocenters. The number of nitrogens with two attached hydrogens (primary N) is 1. The Morgan fingerprint density at radius 1 is 1.53 bits per heavy atom. The predicted octanol–water partition coefficient (Wildman–Crippen LogP) is 0.280. The fourth-order valence-electron chi connectivity index (χ4n) is 2.41. The van der Waals surface area contributed by atoms with E-state index in [2.05, 4.69) is 4.98 Å². The highest BCUT2D eigenvalue weighted by Crippen LogP contribution is 2.27. The second-order valence-corrected chi connectivity index (χ2v) is 6.54. The minimum absolute atomic E-state index is 0.0493. The molecule has 1 amide bonds. The number of nitrogens with zero attached hydrogens (tertiary/aromatic N) is 2. The van der Waals surface area contributed by atoms with Crippen LogP contribution in [-0.4, -0.2) is 36.5 Å². The van der Waals surface area contributed by atoms with Crippen molar-refractivity contribution in [3.05, 3.63) is 30.1 Å². The standard InChI is InChI=1S/C12H17N3O3S/c1-9(11-4-2-3-5-14-11)15-7-10(6-12(15)16)8-19(13,17)18/h2-5,9-10H,6-8H2,1H3,(H2,13,17,18)/t9-,10?/m0/s1. The van der Waals surface area contributed by atoms with E-state index in [4.69, 9.17) is 5.14 Å². The third kappa shape index (κ3) is 3.51. The van der Waals surface area contributed by atoms with Crippen molar-refractivity contribution in [2.24, 2.45) is 11.1 Å². The lowest BCUT2D eigenvalue weighted by molar-refractivity contribution is -0.129. The van der Waals surface area contributed by atoms with Crippen molar-refractivity contribution in [1.82, 2.24) is 9.88 Å². The summed E-state index contributed by atoms with van der Waals surface area (Å²) in [6.45, 7) is 2.30. The van der Waals surface area contributed by atoms with Gasteiger partial charge in [-0.3, -0.25) is 9.78 Å². The van der Waals surface area contributed by atoms with Crippen LogP contribution in [0, 0.1) is 5.92 Å². The van der Waals surface area contributed by atoms with Gasteiger partial charge in [-0.2, -0.15) is 0 Å². The van der Waals surface area contributed by atoms with Gasteiger partial charge in [-0.15, -0.1) is 0 Å². The third-order valence-corrected chi connectivity index (χ3v) is 4.23. The lowest BCUT2D eigenvalue weighted by Gasteiger charge is -2.24. The molecule has 0 spiro atoms. The minimum Gasteiger partial charge on any atom is -0.334 e. The summed E-state index contributed by atoms with van der Waals surface area (Å²) < 4.78 is 22.2. The van der Waals surface area contributed by atoms with Crippen molar-refractivity contribution < 1.29 is 13.2 Å². The van der Waals surface area contributed by atoms with Gasteiger partial charge in [0.1, 0.15) is 0 Å². The average molecular weight is 283 g/mol. The fraction of sp³-hybridized carbons (Fsp3) is 0.500. The molecule has 1 aliphatic heterocycles. The topological polar surface area (TPSA) is 93.4 Å². The van der Waals surface area contributed by atoms with E-state index in [0.29, 0.717) is 6.54 Å². The van der Waals surface area contributed by atoms with Crippen LogP contribution in [0.15, 0.2) is 24.4 Å². The molecule has 104 valence electrons. The fourth-order valence-corrected chi connectivity index (χ4v) is 3.29. The van der Waals surface area contributed by atoms with Crippen LogP contribution in [-0.2, 0) is 14.8 Å². The van der Waals surface area contributed by atoms with Gasteiger partial charge in [0.15, 0.2) is 0 Å². The Kier molecular flexibility index (Phi) is 3.86. The normalized spacial score (nSPS) is 21.7. The zero-order valence-electron chi connectivity index (χ0n) is 10.7. The Morgan fingerprint density at radius 3 is 2.84 bits per heavy atom. The van der Waals surface area contributed by atoms with Gasteiger partial charge in [0, 0.05) is 25.1 Å². The summed E-state index contributed by atoms with van der Waals surface area (Å²) in [6.07, 6.45) is 1.90. The van der Waals surface area contributed by atoms with E-state index >= 15 is 0 Å². The summed E-state index contributed by atoms with van der Waals surface area (Å²) in [7, 11) is -3.54. The van der Waals surface area contributed by atoms with Gasteiger partial charge in [0.05, 0.1) is 17.5 Å². The largest absolute Gasteiger partial charge is 0.334 e. The molecule has 7 heteroatoms. The number of sulfonamides is 1. The molecule has 0 bridgehead atoms. The summed E-state index contributed by atoms with van der Waals surface area (Å²) in [6, 6.07) is 5.37. The average Bonchev–Trinajstić information content (AvgIpc) is 2.68. The van der Waals surface area contributed by atoms with Crippen LogP contribution in [0.4, 0.5) is 0 Å². The minimum atomic E-state index is -3.54. The van der Waals surface area contributed by atoms with Crippen LogP contribution in [0.1, 0.15) is 25.1 Å². The molecule has 0 aromatic carbocycles. The van der Waals surface area contributed by atoms with Gasteiger partial charge < -0.3 is 4.90 Å². The number of amides is 1. The lowest BCUT2D eigenvalue weighted by Crippen LogP contribution is -2.30. The van der Waals surface area contributed by atoms with Crippen molar-refractivity contribution in [2.45, 2.75) is 19.4 Å². The Bertz CT molecular complexity index is 559. The van der Waals surface area contributed by atoms with Crippen LogP contribution in [0.2, 0.25) is 0 Å². The van der Waals surface area contributed by atoms with Gasteiger partial charge >= 0.3 is 0 Å². The monoisotopic (exact) mass is 283 g/mol. The molecule has 2 rings (SSSR count). The molecule has 0 radical (unpaired) electrons. The first kappa shape index (κ1) is 14.0. The molecule has 0 aliphatic carbocycles. The number of rotatable bonds is 4. The van der Waals surface area contributed by atoms with Crippen LogP contribution in [0.5, 0.6) is 0 Å². The summed E-state index contributed by atoms with van der Waals surface area (Å²) >= 11 is 0. The Hall–Kier alpha value is -1.47. The van der Waals surface area contributed by atoms with Crippen molar-refractivity contribution in [3.63, 3.8) is 0 Å². The molecule has 1 aromatic heterocycles. The van der Waals surface area contributed by atoms with Crippen molar-refractivity contribution in [2.75, 3.05) is 12.3 Å². The highest BCUT2D eigenvalue weighted by Gasteiger charge is 2.35. The molecule has 1 aromatic rings. The number of carbonyl (C=O) groups excluding carboxylic acids is 1. The molecule has 0 saturated carbocycles. The molecule has 6 nitrogen and oxygen atoms in total. The van der Waals surface area contributed by atoms with Gasteiger partial charge in [0.25, 0.3) is 0 Å². The molecule has 1 saturated heterocycles. The molecule has 2 N–H and O–H groups in total. The molecule has 2 heterocycles. The quantitative estimate of drug-likeness (QED) is 0.858. The molecule has 1 unspecified atom stereocenters. The number of aromatic nitrogens is 1. The van der Waals surface area contributed by atoms with Gasteiger partial charge in [0.2, 0.25) is 15.9 Å². The second-order valence-electron chi connectivity index (χ2n) is 4.88. The number of likely N-dealkylation sites (tertiary alicyclic amines) is 1. The van der Waals surface area contributed by atoms with E-state index in [-0.39, 0.29) is 30.0 Å². The van der Waals surface area contributed by atoms with Crippen LogP contribution < -0.4 is 5.14 Å². The zero-order chi connectivity index (χ0) is 14.0. The van der Waals surface area contributed by atoms with Gasteiger partial charge in [-0.25, -0.2) is 13.6 Å². The first-order valence-electron chi connectivity index (χ1n) is 6.07. The maximum absolute atomic E-state index is 11.9. The maximum Gasteiger partial charge on any atom is 0.223 e. The Labute approximate surface area is 112 Å². The van der Waals surface area contributed by atoms with E-state index in [1.807, 2.05) is 25.1 Å². The summed E-state index contributed by atoms with van der Waals surface area (Å²) in [4.78, 5) is 17.8. The smallest absolute Gasteiger partial charge is 0.223 e. The number of hydrogen-bond donors (Lipinski definition) is 1. The first-order valence-corrected chi connectivity index (χ1v) is 7.79. The van der Waals surface area contributed by atoms with Crippen LogP contribution in [0.3, 0.4) is 0 Å². The van der Waals surface area contributed by atoms with E-state index in [0.717, 1.165) is 5.69 Å². The van der Waals surface area contributed by atoms with Crippen molar-refractivity contribution in [3.8, 4) is 0 Å². The summed E-state index contributed by atoms with van der Waals surface area (Å²) in [5.74, 6) is -0.426. The number of hydrogen-bond acceptors (Lipinski definition) is 4. The number of pyridine rings is 1. The van der Waals surface area contributed by atoms with Crippen molar-refractivity contribution in [1.29, 1.82) is 0 Å². The van der Waals surface area contributed by atoms with Gasteiger partial charge in [-0.1, -0.05) is 6.07 Å². The second kappa shape index (κ2) is 5.26. The third-order valence-electron chi connectivity index (χ3n) is 3.29. The highest BCUT2D eigenvalue weighted by atomic mass is 32.2. The Balaban J connectivity index is 2.08. The first-order chi connectivity index (χ1) is 8.87. The Morgan fingerprint density at radius 2 is 2.26 bits per heavy atom. The summed E-state index contributed by atoms with van der Waals surface area (Å²) in [5, 5.41) is 5.02. The van der Waals surface area contributed by atoms with Crippen LogP contribution in [0.25, 0.3) is 0 Å². The SMILES string of the molecule is C[C@@H](c1ccccn1)N1CC(CS(N)(=O)=O)CC1=O. The van der Waals surface area contributed by atoms with Crippen molar-refractivity contribution >= 4 is 15.9 Å². The summed E-state index contributed by atoms with van der Waals surface area (Å²) in [5.41, 5.74) is 0.798. The van der Waals surface area contributed by atoms with E-state index in [9.17, 15) is 13.2 Å². The van der Waals surface area contributed by atoms with E-state index in [1.54, 1.807) is 11.1 Å². The molecule has 19 heavy (non-hydrogen) atoms. The number of carbonyl (C=O) groups is 1. The van der Waals surface area contributed by atoms with E-state index < -0.39 is 10.0 Å². The number of primary sulfonamides is 1. The molecule has 1 fully saturated rings. The zero-order valence-corrected chi connectivity index (χ0v) is 11.5. The van der Waals surface area contributed by atoms with E-state index in [1.165, 1.54) is 0 Å². The molecular formula is C12H17N3O3S. The molecule has 1 aliphatic rings. The van der Waals surface area contributed by atoms with Crippen LogP contribution >= 0.6 is 0 Å². The van der Waals surface area contributed by atoms with Gasteiger partial charge in [-0.05, 0) is 19.1 Å². The predicted molar refractivity (Wildman–Crippen MR) is 70.4 cm³/mol. The lowest BCUT2D eigenvalue weighted by atomic mass is 10.1.